The maximum atomic E-state index is 13.9. The van der Waals surface area contributed by atoms with Crippen LogP contribution in [0.25, 0.3) is 28.0 Å². The molecule has 0 amide bonds. The maximum Gasteiger partial charge on any atom is 0.240 e. The topological polar surface area (TPSA) is 78.1 Å². The van der Waals surface area contributed by atoms with Gasteiger partial charge in [0.25, 0.3) is 0 Å². The summed E-state index contributed by atoms with van der Waals surface area (Å²) in [5.41, 5.74) is 7.25. The van der Waals surface area contributed by atoms with E-state index in [1.807, 2.05) is 30.5 Å². The Hall–Kier alpha value is -3.30. The molecule has 2 N–H and O–H groups in total. The van der Waals surface area contributed by atoms with Crippen LogP contribution in [0.2, 0.25) is 5.02 Å². The van der Waals surface area contributed by atoms with Gasteiger partial charge < -0.3 is 4.98 Å². The average Bonchev–Trinajstić information content (AvgIpc) is 3.40. The number of hydrogen-bond donors (Lipinski definition) is 2. The molecule has 1 atom stereocenters. The van der Waals surface area contributed by atoms with Gasteiger partial charge in [0.1, 0.15) is 5.82 Å². The van der Waals surface area contributed by atoms with Crippen molar-refractivity contribution in [1.82, 2.24) is 19.6 Å². The molecule has 3 heterocycles. The number of aromatic amines is 1. The Kier molecular flexibility index (Phi) is 8.00. The second-order valence-corrected chi connectivity index (χ2v) is 12.0. The molecule has 1 aliphatic rings. The van der Waals surface area contributed by atoms with Crippen LogP contribution >= 0.6 is 11.6 Å². The fraction of sp³-hybridized carbons (Fsp3) is 0.233. The lowest BCUT2D eigenvalue weighted by molar-refractivity contribution is 0.287. The largest absolute Gasteiger partial charge is 0.360 e. The van der Waals surface area contributed by atoms with Gasteiger partial charge in [-0.05, 0) is 78.6 Å². The zero-order valence-electron chi connectivity index (χ0n) is 21.8. The lowest BCUT2D eigenvalue weighted by Crippen LogP contribution is -2.32. The van der Waals surface area contributed by atoms with Crippen molar-refractivity contribution in [2.75, 3.05) is 26.7 Å². The fourth-order valence-electron chi connectivity index (χ4n) is 5.08. The molecule has 5 rings (SSSR count). The maximum absolute atomic E-state index is 13.9. The lowest BCUT2D eigenvalue weighted by Gasteiger charge is -2.29. The molecule has 1 unspecified atom stereocenters. The number of aromatic nitrogens is 2. The summed E-state index contributed by atoms with van der Waals surface area (Å²) in [6.45, 7) is 4.74. The number of hydrogen-bond acceptors (Lipinski definition) is 4. The molecule has 4 aromatic rings. The molecular formula is C30H30ClFN4O2S. The van der Waals surface area contributed by atoms with Gasteiger partial charge in [-0.1, -0.05) is 36.7 Å². The standard InChI is InChI=1S/C30H30ClFN4O2S/c1-20(21-3-6-25(7-4-21)39(37,38)33-2)19-36-15-11-22(12-16-36)26-18-35-30(24-5-8-28(32)27(31)17-24)29(26)23-9-13-34-14-10-23/h3-11,13-14,17-18,20,33,35H,12,15-16,19H2,1-2H3. The normalized spacial score (nSPS) is 15.2. The highest BCUT2D eigenvalue weighted by atomic mass is 35.5. The summed E-state index contributed by atoms with van der Waals surface area (Å²) in [7, 11) is -2.03. The van der Waals surface area contributed by atoms with Gasteiger partial charge in [-0.15, -0.1) is 0 Å². The number of H-pyrrole nitrogens is 1. The summed E-state index contributed by atoms with van der Waals surface area (Å²) in [4.78, 5) is 10.3. The van der Waals surface area contributed by atoms with E-state index in [1.54, 1.807) is 36.7 Å². The third-order valence-electron chi connectivity index (χ3n) is 7.26. The van der Waals surface area contributed by atoms with Crippen LogP contribution in [-0.4, -0.2) is 50.0 Å². The summed E-state index contributed by atoms with van der Waals surface area (Å²) in [6.07, 6.45) is 8.71. The Labute approximate surface area is 233 Å². The Balaban J connectivity index is 1.36. The van der Waals surface area contributed by atoms with E-state index in [1.165, 1.54) is 18.7 Å². The van der Waals surface area contributed by atoms with Crippen LogP contribution in [0.3, 0.4) is 0 Å². The van der Waals surface area contributed by atoms with Gasteiger partial charge >= 0.3 is 0 Å². The van der Waals surface area contributed by atoms with Gasteiger partial charge in [-0.2, -0.15) is 0 Å². The summed E-state index contributed by atoms with van der Waals surface area (Å²) in [6, 6.07) is 15.8. The number of benzene rings is 2. The fourth-order valence-corrected chi connectivity index (χ4v) is 5.99. The molecule has 202 valence electrons. The molecule has 0 saturated carbocycles. The van der Waals surface area contributed by atoms with Crippen molar-refractivity contribution < 1.29 is 12.8 Å². The van der Waals surface area contributed by atoms with E-state index in [0.717, 1.165) is 59.6 Å². The minimum Gasteiger partial charge on any atom is -0.360 e. The molecule has 0 saturated heterocycles. The van der Waals surface area contributed by atoms with E-state index in [2.05, 4.69) is 32.6 Å². The summed E-state index contributed by atoms with van der Waals surface area (Å²) in [5.74, 6) is -0.193. The molecule has 2 aromatic carbocycles. The van der Waals surface area contributed by atoms with Gasteiger partial charge in [0.2, 0.25) is 10.0 Å². The highest BCUT2D eigenvalue weighted by Gasteiger charge is 2.22. The minimum atomic E-state index is -3.44. The van der Waals surface area contributed by atoms with Crippen LogP contribution in [0.4, 0.5) is 4.39 Å². The van der Waals surface area contributed by atoms with Crippen molar-refractivity contribution in [1.29, 1.82) is 0 Å². The zero-order valence-corrected chi connectivity index (χ0v) is 23.4. The summed E-state index contributed by atoms with van der Waals surface area (Å²) in [5, 5.41) is 0.0873. The first-order valence-electron chi connectivity index (χ1n) is 12.8. The van der Waals surface area contributed by atoms with Crippen LogP contribution < -0.4 is 4.72 Å². The second kappa shape index (κ2) is 11.4. The molecule has 0 radical (unpaired) electrons. The van der Waals surface area contributed by atoms with Crippen molar-refractivity contribution >= 4 is 27.2 Å². The molecule has 39 heavy (non-hydrogen) atoms. The molecule has 0 spiro atoms. The van der Waals surface area contributed by atoms with Crippen molar-refractivity contribution in [3.63, 3.8) is 0 Å². The molecule has 6 nitrogen and oxygen atoms in total. The number of nitrogens with zero attached hydrogens (tertiary/aromatic N) is 2. The summed E-state index contributed by atoms with van der Waals surface area (Å²) >= 11 is 6.11. The van der Waals surface area contributed by atoms with Crippen LogP contribution in [0.1, 0.15) is 30.4 Å². The Morgan fingerprint density at radius 1 is 1.10 bits per heavy atom. The van der Waals surface area contributed by atoms with Crippen LogP contribution in [0.15, 0.2) is 84.2 Å². The van der Waals surface area contributed by atoms with Crippen LogP contribution in [-0.2, 0) is 10.0 Å². The van der Waals surface area contributed by atoms with Gasteiger partial charge in [0.05, 0.1) is 15.6 Å². The van der Waals surface area contributed by atoms with E-state index < -0.39 is 15.8 Å². The van der Waals surface area contributed by atoms with Crippen molar-refractivity contribution in [3.05, 3.63) is 101 Å². The second-order valence-electron chi connectivity index (χ2n) is 9.73. The van der Waals surface area contributed by atoms with E-state index in [-0.39, 0.29) is 15.8 Å². The third-order valence-corrected chi connectivity index (χ3v) is 8.98. The number of nitrogens with one attached hydrogen (secondary N) is 2. The summed E-state index contributed by atoms with van der Waals surface area (Å²) < 4.78 is 40.2. The Morgan fingerprint density at radius 3 is 2.49 bits per heavy atom. The van der Waals surface area contributed by atoms with E-state index in [4.69, 9.17) is 11.6 Å². The molecular weight excluding hydrogens is 535 g/mol. The van der Waals surface area contributed by atoms with Crippen LogP contribution in [0.5, 0.6) is 0 Å². The number of sulfonamides is 1. The first kappa shape index (κ1) is 27.3. The SMILES string of the molecule is CNS(=O)(=O)c1ccc(C(C)CN2CC=C(c3c[nH]c(-c4ccc(F)c(Cl)c4)c3-c3ccncc3)CC2)cc1. The number of pyridine rings is 1. The first-order chi connectivity index (χ1) is 18.8. The van der Waals surface area contributed by atoms with Gasteiger partial charge in [0.15, 0.2) is 0 Å². The first-order valence-corrected chi connectivity index (χ1v) is 14.7. The van der Waals surface area contributed by atoms with Gasteiger partial charge in [-0.3, -0.25) is 9.88 Å². The predicted octanol–water partition coefficient (Wildman–Crippen LogP) is 6.34. The van der Waals surface area contributed by atoms with E-state index >= 15 is 0 Å². The van der Waals surface area contributed by atoms with Crippen molar-refractivity contribution in [2.24, 2.45) is 0 Å². The average molecular weight is 565 g/mol. The third kappa shape index (κ3) is 5.84. The lowest BCUT2D eigenvalue weighted by atomic mass is 9.91. The van der Waals surface area contributed by atoms with Gasteiger partial charge in [0, 0.05) is 54.9 Å². The predicted molar refractivity (Wildman–Crippen MR) is 155 cm³/mol. The highest BCUT2D eigenvalue weighted by molar-refractivity contribution is 7.89. The molecule has 2 aromatic heterocycles. The van der Waals surface area contributed by atoms with Crippen LogP contribution in [0, 0.1) is 5.82 Å². The van der Waals surface area contributed by atoms with Gasteiger partial charge in [-0.25, -0.2) is 17.5 Å². The molecule has 0 bridgehead atoms. The molecule has 0 aliphatic carbocycles. The molecule has 1 aliphatic heterocycles. The number of halogens is 2. The zero-order chi connectivity index (χ0) is 27.6. The Morgan fingerprint density at radius 2 is 1.85 bits per heavy atom. The van der Waals surface area contributed by atoms with E-state index in [0.29, 0.717) is 0 Å². The van der Waals surface area contributed by atoms with Crippen molar-refractivity contribution in [2.45, 2.75) is 24.2 Å². The minimum absolute atomic E-state index is 0.0873. The molecule has 9 heteroatoms. The smallest absolute Gasteiger partial charge is 0.240 e. The monoisotopic (exact) mass is 564 g/mol. The number of rotatable bonds is 8. The Bertz CT molecular complexity index is 1600. The molecule has 0 fully saturated rings. The van der Waals surface area contributed by atoms with E-state index in [9.17, 15) is 12.8 Å². The quantitative estimate of drug-likeness (QED) is 0.262. The highest BCUT2D eigenvalue weighted by Crippen LogP contribution is 2.40. The van der Waals surface area contributed by atoms with Crippen molar-refractivity contribution in [3.8, 4) is 22.4 Å².